The maximum Gasteiger partial charge on any atom is 0.279 e. The topological polar surface area (TPSA) is 81.0 Å². The van der Waals surface area contributed by atoms with Gasteiger partial charge in [-0.25, -0.2) is 8.42 Å². The average Bonchev–Trinajstić information content (AvgIpc) is 3.46. The van der Waals surface area contributed by atoms with Crippen molar-refractivity contribution in [2.75, 3.05) is 20.2 Å². The van der Waals surface area contributed by atoms with Crippen LogP contribution in [-0.2, 0) is 27.7 Å². The molecule has 1 fully saturated rings. The molecule has 0 aliphatic carbocycles. The first kappa shape index (κ1) is 24.5. The van der Waals surface area contributed by atoms with Crippen molar-refractivity contribution in [1.82, 2.24) is 8.87 Å². The molecule has 1 amide bonds. The van der Waals surface area contributed by atoms with Crippen LogP contribution in [0.1, 0.15) is 35.7 Å². The van der Waals surface area contributed by atoms with E-state index < -0.39 is 15.9 Å². The predicted molar refractivity (Wildman–Crippen MR) is 135 cm³/mol. The van der Waals surface area contributed by atoms with E-state index in [1.54, 1.807) is 13.1 Å². The second-order valence-electron chi connectivity index (χ2n) is 8.30. The van der Waals surface area contributed by atoms with Crippen molar-refractivity contribution >= 4 is 37.5 Å². The zero-order valence-electron chi connectivity index (χ0n) is 19.4. The highest BCUT2D eigenvalue weighted by atomic mass is 32.2. The fraction of sp³-hybridized carbons (Fsp3) is 0.360. The highest BCUT2D eigenvalue weighted by molar-refractivity contribution is 7.89. The van der Waals surface area contributed by atoms with E-state index in [-0.39, 0.29) is 11.0 Å². The van der Waals surface area contributed by atoms with Crippen LogP contribution in [0.25, 0.3) is 10.2 Å². The van der Waals surface area contributed by atoms with Gasteiger partial charge in [0.15, 0.2) is 4.80 Å². The van der Waals surface area contributed by atoms with Crippen molar-refractivity contribution in [2.24, 2.45) is 4.99 Å². The molecule has 1 saturated heterocycles. The molecule has 1 aliphatic heterocycles. The van der Waals surface area contributed by atoms with E-state index in [0.29, 0.717) is 30.1 Å². The summed E-state index contributed by atoms with van der Waals surface area (Å²) >= 11 is 1.46. The number of thiazole rings is 1. The third-order valence-electron chi connectivity index (χ3n) is 5.96. The summed E-state index contributed by atoms with van der Waals surface area (Å²) in [5.41, 5.74) is 2.56. The number of nitrogens with zero attached hydrogens (tertiary/aromatic N) is 3. The molecule has 1 atom stereocenters. The molecule has 1 aliphatic rings. The Labute approximate surface area is 204 Å². The average molecular weight is 500 g/mol. The molecular formula is C25H29N3O4S2. The molecule has 4 rings (SSSR count). The summed E-state index contributed by atoms with van der Waals surface area (Å²) in [6.45, 7) is 7.44. The molecule has 34 heavy (non-hydrogen) atoms. The van der Waals surface area contributed by atoms with Crippen LogP contribution >= 0.6 is 11.3 Å². The fourth-order valence-corrected chi connectivity index (χ4v) is 6.31. The summed E-state index contributed by atoms with van der Waals surface area (Å²) in [5.74, 6) is -0.420. The fourth-order valence-electron chi connectivity index (χ4n) is 4.00. The van der Waals surface area contributed by atoms with Crippen LogP contribution < -0.4 is 4.80 Å². The molecule has 2 aromatic carbocycles. The van der Waals surface area contributed by atoms with E-state index in [2.05, 4.69) is 30.6 Å². The van der Waals surface area contributed by atoms with E-state index in [1.807, 2.05) is 10.6 Å². The zero-order valence-corrected chi connectivity index (χ0v) is 21.1. The molecule has 0 bridgehead atoms. The first-order valence-corrected chi connectivity index (χ1v) is 13.6. The first-order chi connectivity index (χ1) is 16.3. The van der Waals surface area contributed by atoms with Gasteiger partial charge in [-0.15, -0.1) is 6.58 Å². The SMILES string of the molecule is C=CCn1c(=NC(=O)c2ccc(S(=O)(=O)N(C)CC3CCCO3)cc2)sc2cc(CC)ccc21. The van der Waals surface area contributed by atoms with Crippen molar-refractivity contribution in [1.29, 1.82) is 0 Å². The Morgan fingerprint density at radius 1 is 1.29 bits per heavy atom. The third kappa shape index (κ3) is 5.07. The Morgan fingerprint density at radius 3 is 2.71 bits per heavy atom. The second kappa shape index (κ2) is 10.4. The standard InChI is InChI=1S/C25H29N3O4S2/c1-4-14-28-22-13-8-18(5-2)16-23(22)33-25(28)26-24(29)19-9-11-21(12-10-19)34(30,31)27(3)17-20-7-6-15-32-20/h4,8-13,16,20H,1,5-7,14-15,17H2,2-3H3. The molecule has 0 saturated carbocycles. The Kier molecular flexibility index (Phi) is 7.47. The van der Waals surface area contributed by atoms with Crippen LogP contribution in [0.4, 0.5) is 0 Å². The summed E-state index contributed by atoms with van der Waals surface area (Å²) < 4.78 is 35.7. The summed E-state index contributed by atoms with van der Waals surface area (Å²) in [6, 6.07) is 12.2. The summed E-state index contributed by atoms with van der Waals surface area (Å²) in [5, 5.41) is 0. The highest BCUT2D eigenvalue weighted by Crippen LogP contribution is 2.21. The normalized spacial score (nSPS) is 17.0. The number of sulfonamides is 1. The molecule has 0 spiro atoms. The number of hydrogen-bond donors (Lipinski definition) is 0. The Bertz CT molecular complexity index is 1370. The molecule has 1 unspecified atom stereocenters. The second-order valence-corrected chi connectivity index (χ2v) is 11.4. The molecule has 0 radical (unpaired) electrons. The largest absolute Gasteiger partial charge is 0.377 e. The number of rotatable bonds is 8. The van der Waals surface area contributed by atoms with E-state index >= 15 is 0 Å². The van der Waals surface area contributed by atoms with Crippen molar-refractivity contribution in [3.63, 3.8) is 0 Å². The molecule has 180 valence electrons. The molecule has 0 N–H and O–H groups in total. The van der Waals surface area contributed by atoms with Crippen LogP contribution in [0.15, 0.2) is 65.0 Å². The smallest absolute Gasteiger partial charge is 0.279 e. The van der Waals surface area contributed by atoms with E-state index in [0.717, 1.165) is 29.5 Å². The Hall–Kier alpha value is -2.59. The minimum absolute atomic E-state index is 0.0728. The number of aromatic nitrogens is 1. The number of amides is 1. The van der Waals surface area contributed by atoms with Gasteiger partial charge in [-0.3, -0.25) is 4.79 Å². The molecule has 7 nitrogen and oxygen atoms in total. The monoisotopic (exact) mass is 499 g/mol. The van der Waals surface area contributed by atoms with Crippen LogP contribution in [0, 0.1) is 0 Å². The lowest BCUT2D eigenvalue weighted by atomic mass is 10.2. The van der Waals surface area contributed by atoms with Gasteiger partial charge in [0.25, 0.3) is 5.91 Å². The zero-order chi connectivity index (χ0) is 24.3. The molecule has 2 heterocycles. The van der Waals surface area contributed by atoms with Gasteiger partial charge in [-0.1, -0.05) is 30.4 Å². The van der Waals surface area contributed by atoms with E-state index in [1.165, 1.54) is 45.5 Å². The molecule has 3 aromatic rings. The minimum atomic E-state index is -3.67. The van der Waals surface area contributed by atoms with Gasteiger partial charge in [0.1, 0.15) is 0 Å². The third-order valence-corrected chi connectivity index (χ3v) is 8.84. The first-order valence-electron chi connectivity index (χ1n) is 11.3. The van der Waals surface area contributed by atoms with Crippen molar-refractivity contribution in [2.45, 2.75) is 43.7 Å². The quantitative estimate of drug-likeness (QED) is 0.439. The molecule has 1 aromatic heterocycles. The van der Waals surface area contributed by atoms with Crippen LogP contribution in [-0.4, -0.2) is 49.5 Å². The number of aryl methyl sites for hydroxylation is 1. The number of carbonyl (C=O) groups excluding carboxylic acids is 1. The van der Waals surface area contributed by atoms with E-state index in [4.69, 9.17) is 4.74 Å². The number of fused-ring (bicyclic) bond motifs is 1. The van der Waals surface area contributed by atoms with Gasteiger partial charge in [-0.2, -0.15) is 9.30 Å². The molecule has 9 heteroatoms. The Balaban J connectivity index is 1.59. The highest BCUT2D eigenvalue weighted by Gasteiger charge is 2.26. The van der Waals surface area contributed by atoms with Crippen molar-refractivity contribution < 1.29 is 17.9 Å². The number of ether oxygens (including phenoxy) is 1. The molecular weight excluding hydrogens is 470 g/mol. The Morgan fingerprint density at radius 2 is 2.06 bits per heavy atom. The predicted octanol–water partition coefficient (Wildman–Crippen LogP) is 3.99. The summed E-state index contributed by atoms with van der Waals surface area (Å²) in [4.78, 5) is 18.0. The summed E-state index contributed by atoms with van der Waals surface area (Å²) in [7, 11) is -2.12. The number of likely N-dealkylation sites (N-methyl/N-ethyl adjacent to an activating group) is 1. The summed E-state index contributed by atoms with van der Waals surface area (Å²) in [6.07, 6.45) is 4.44. The van der Waals surface area contributed by atoms with Crippen molar-refractivity contribution in [3.8, 4) is 0 Å². The van der Waals surface area contributed by atoms with Crippen LogP contribution in [0.3, 0.4) is 0 Å². The van der Waals surface area contributed by atoms with Gasteiger partial charge in [0, 0.05) is 32.3 Å². The number of benzene rings is 2. The number of carbonyl (C=O) groups is 1. The maximum absolute atomic E-state index is 12.9. The van der Waals surface area contributed by atoms with E-state index in [9.17, 15) is 13.2 Å². The lowest BCUT2D eigenvalue weighted by Crippen LogP contribution is -2.34. The van der Waals surface area contributed by atoms with Crippen molar-refractivity contribution in [3.05, 3.63) is 71.0 Å². The lowest BCUT2D eigenvalue weighted by molar-refractivity contribution is 0.0979. The van der Waals surface area contributed by atoms with Gasteiger partial charge >= 0.3 is 0 Å². The van der Waals surface area contributed by atoms with Gasteiger partial charge in [0.05, 0.1) is 21.2 Å². The van der Waals surface area contributed by atoms with Crippen LogP contribution in [0.2, 0.25) is 0 Å². The maximum atomic E-state index is 12.9. The number of allylic oxidation sites excluding steroid dienone is 1. The van der Waals surface area contributed by atoms with Gasteiger partial charge in [-0.05, 0) is 61.2 Å². The van der Waals surface area contributed by atoms with Gasteiger partial charge in [0.2, 0.25) is 10.0 Å². The minimum Gasteiger partial charge on any atom is -0.377 e. The lowest BCUT2D eigenvalue weighted by Gasteiger charge is -2.20. The number of hydrogen-bond acceptors (Lipinski definition) is 5. The van der Waals surface area contributed by atoms with Crippen LogP contribution in [0.5, 0.6) is 0 Å². The van der Waals surface area contributed by atoms with Gasteiger partial charge < -0.3 is 9.30 Å².